The molecule has 18 heavy (non-hydrogen) atoms. The van der Waals surface area contributed by atoms with Crippen LogP contribution in [0.3, 0.4) is 0 Å². The minimum atomic E-state index is 0.437. The van der Waals surface area contributed by atoms with Crippen molar-refractivity contribution >= 4 is 10.9 Å². The van der Waals surface area contributed by atoms with Gasteiger partial charge in [-0.15, -0.1) is 0 Å². The molecule has 1 aliphatic rings. The Labute approximate surface area is 106 Å². The average Bonchev–Trinajstić information content (AvgIpc) is 2.98. The lowest BCUT2D eigenvalue weighted by Gasteiger charge is -2.10. The molecule has 1 N–H and O–H groups in total. The van der Waals surface area contributed by atoms with Gasteiger partial charge in [0, 0.05) is 11.3 Å². The summed E-state index contributed by atoms with van der Waals surface area (Å²) >= 11 is 0. The number of hydrogen-bond donors (Lipinski definition) is 1. The van der Waals surface area contributed by atoms with Gasteiger partial charge in [-0.05, 0) is 36.1 Å². The predicted octanol–water partition coefficient (Wildman–Crippen LogP) is 3.56. The summed E-state index contributed by atoms with van der Waals surface area (Å²) in [6.45, 7) is 2.19. The van der Waals surface area contributed by atoms with E-state index >= 15 is 0 Å². The van der Waals surface area contributed by atoms with Crippen molar-refractivity contribution in [2.75, 3.05) is 0 Å². The van der Waals surface area contributed by atoms with Crippen molar-refractivity contribution in [2.24, 2.45) is 0 Å². The van der Waals surface area contributed by atoms with Gasteiger partial charge in [0.15, 0.2) is 0 Å². The van der Waals surface area contributed by atoms with Gasteiger partial charge in [-0.1, -0.05) is 36.4 Å². The molecule has 2 nitrogen and oxygen atoms in total. The monoisotopic (exact) mass is 234 g/mol. The highest BCUT2D eigenvalue weighted by molar-refractivity contribution is 5.89. The molecule has 4 rings (SSSR count). The number of H-pyrrole nitrogens is 1. The van der Waals surface area contributed by atoms with E-state index < -0.39 is 0 Å². The molecule has 2 aromatic carbocycles. The highest BCUT2D eigenvalue weighted by atomic mass is 15.1. The second kappa shape index (κ2) is 3.45. The number of aromatic amines is 1. The molecule has 0 aliphatic heterocycles. The van der Waals surface area contributed by atoms with E-state index in [0.717, 1.165) is 11.9 Å². The van der Waals surface area contributed by atoms with E-state index in [1.165, 1.54) is 27.8 Å². The van der Waals surface area contributed by atoms with Crippen molar-refractivity contribution < 1.29 is 0 Å². The standard InChI is InChI=1S/C16H14N2/c1-10-7-8-14-15-12(10)9-13(16(15)18-17-14)11-5-3-2-4-6-11/h2-8,13H,9H2,1H3,(H,17,18)/t13-/m1/s1. The zero-order valence-corrected chi connectivity index (χ0v) is 10.3. The zero-order chi connectivity index (χ0) is 12.1. The van der Waals surface area contributed by atoms with Gasteiger partial charge in [0.2, 0.25) is 0 Å². The molecule has 2 heteroatoms. The Morgan fingerprint density at radius 1 is 1.11 bits per heavy atom. The number of hydrogen-bond acceptors (Lipinski definition) is 1. The summed E-state index contributed by atoms with van der Waals surface area (Å²) in [5.74, 6) is 0.437. The van der Waals surface area contributed by atoms with Crippen LogP contribution in [0.25, 0.3) is 10.9 Å². The van der Waals surface area contributed by atoms with Crippen LogP contribution in [0.4, 0.5) is 0 Å². The minimum absolute atomic E-state index is 0.437. The van der Waals surface area contributed by atoms with E-state index in [1.54, 1.807) is 0 Å². The quantitative estimate of drug-likeness (QED) is 0.685. The Hall–Kier alpha value is -2.09. The normalized spacial score (nSPS) is 17.5. The fraction of sp³-hybridized carbons (Fsp3) is 0.188. The Kier molecular flexibility index (Phi) is 1.90. The summed E-state index contributed by atoms with van der Waals surface area (Å²) in [5.41, 5.74) is 6.60. The molecule has 1 aromatic heterocycles. The third kappa shape index (κ3) is 1.20. The molecule has 0 bridgehead atoms. The van der Waals surface area contributed by atoms with Crippen molar-refractivity contribution in [3.8, 4) is 0 Å². The van der Waals surface area contributed by atoms with Gasteiger partial charge < -0.3 is 0 Å². The van der Waals surface area contributed by atoms with Gasteiger partial charge in [-0.25, -0.2) is 0 Å². The van der Waals surface area contributed by atoms with E-state index in [1.807, 2.05) is 0 Å². The summed E-state index contributed by atoms with van der Waals surface area (Å²) in [7, 11) is 0. The van der Waals surface area contributed by atoms with Crippen molar-refractivity contribution in [1.82, 2.24) is 10.2 Å². The van der Waals surface area contributed by atoms with Crippen LogP contribution in [-0.4, -0.2) is 10.2 Å². The lowest BCUT2D eigenvalue weighted by atomic mass is 9.95. The van der Waals surface area contributed by atoms with E-state index in [0.29, 0.717) is 5.92 Å². The highest BCUT2D eigenvalue weighted by Gasteiger charge is 2.28. The number of aryl methyl sites for hydroxylation is 1. The Bertz CT molecular complexity index is 725. The second-order valence-corrected chi connectivity index (χ2v) is 5.06. The third-order valence-electron chi connectivity index (χ3n) is 4.05. The number of nitrogens with zero attached hydrogens (tertiary/aromatic N) is 1. The van der Waals surface area contributed by atoms with Crippen LogP contribution >= 0.6 is 0 Å². The first kappa shape index (κ1) is 9.89. The van der Waals surface area contributed by atoms with Gasteiger partial charge in [0.25, 0.3) is 0 Å². The first-order valence-electron chi connectivity index (χ1n) is 6.36. The van der Waals surface area contributed by atoms with Crippen molar-refractivity contribution in [2.45, 2.75) is 19.3 Å². The molecule has 88 valence electrons. The predicted molar refractivity (Wildman–Crippen MR) is 72.8 cm³/mol. The van der Waals surface area contributed by atoms with Crippen molar-refractivity contribution in [3.05, 3.63) is 64.8 Å². The summed E-state index contributed by atoms with van der Waals surface area (Å²) in [6, 6.07) is 15.0. The number of nitrogens with one attached hydrogen (secondary N) is 1. The fourth-order valence-electron chi connectivity index (χ4n) is 3.10. The van der Waals surface area contributed by atoms with Gasteiger partial charge >= 0.3 is 0 Å². The largest absolute Gasteiger partial charge is 0.281 e. The lowest BCUT2D eigenvalue weighted by Crippen LogP contribution is -2.00. The average molecular weight is 234 g/mol. The molecule has 3 aromatic rings. The van der Waals surface area contributed by atoms with Crippen molar-refractivity contribution in [3.63, 3.8) is 0 Å². The molecule has 1 heterocycles. The Morgan fingerprint density at radius 2 is 1.94 bits per heavy atom. The van der Waals surface area contributed by atoms with Gasteiger partial charge in [-0.2, -0.15) is 5.10 Å². The molecule has 0 saturated heterocycles. The van der Waals surface area contributed by atoms with E-state index in [4.69, 9.17) is 0 Å². The van der Waals surface area contributed by atoms with E-state index in [9.17, 15) is 0 Å². The topological polar surface area (TPSA) is 28.7 Å². The van der Waals surface area contributed by atoms with Gasteiger partial charge in [-0.3, -0.25) is 5.10 Å². The van der Waals surface area contributed by atoms with Crippen LogP contribution in [0.5, 0.6) is 0 Å². The van der Waals surface area contributed by atoms with Crippen LogP contribution in [-0.2, 0) is 6.42 Å². The fourth-order valence-corrected chi connectivity index (χ4v) is 3.10. The molecular formula is C16H14N2. The smallest absolute Gasteiger partial charge is 0.0926 e. The molecule has 0 spiro atoms. The molecule has 1 atom stereocenters. The molecule has 0 unspecified atom stereocenters. The SMILES string of the molecule is Cc1ccc2n[nH]c3c2c1C[C@@H]3c1ccccc1. The maximum Gasteiger partial charge on any atom is 0.0926 e. The third-order valence-corrected chi connectivity index (χ3v) is 4.05. The van der Waals surface area contributed by atoms with Crippen LogP contribution in [0, 0.1) is 6.92 Å². The molecular weight excluding hydrogens is 220 g/mol. The van der Waals surface area contributed by atoms with E-state index in [2.05, 4.69) is 59.6 Å². The van der Waals surface area contributed by atoms with Crippen LogP contribution in [0.1, 0.15) is 28.3 Å². The first-order chi connectivity index (χ1) is 8.84. The zero-order valence-electron chi connectivity index (χ0n) is 10.3. The maximum absolute atomic E-state index is 4.42. The van der Waals surface area contributed by atoms with Crippen LogP contribution < -0.4 is 0 Å². The number of rotatable bonds is 1. The highest BCUT2D eigenvalue weighted by Crippen LogP contribution is 2.41. The summed E-state index contributed by atoms with van der Waals surface area (Å²) in [5, 5.41) is 9.01. The first-order valence-corrected chi connectivity index (χ1v) is 6.36. The Morgan fingerprint density at radius 3 is 2.78 bits per heavy atom. The minimum Gasteiger partial charge on any atom is -0.281 e. The van der Waals surface area contributed by atoms with Crippen LogP contribution in [0.15, 0.2) is 42.5 Å². The lowest BCUT2D eigenvalue weighted by molar-refractivity contribution is 0.797. The summed E-state index contributed by atoms with van der Waals surface area (Å²) in [4.78, 5) is 0. The molecule has 0 fully saturated rings. The number of aromatic nitrogens is 2. The molecule has 0 radical (unpaired) electrons. The second-order valence-electron chi connectivity index (χ2n) is 5.06. The Balaban J connectivity index is 1.96. The molecule has 0 saturated carbocycles. The van der Waals surface area contributed by atoms with Gasteiger partial charge in [0.1, 0.15) is 0 Å². The van der Waals surface area contributed by atoms with Gasteiger partial charge in [0.05, 0.1) is 11.2 Å². The summed E-state index contributed by atoms with van der Waals surface area (Å²) in [6.07, 6.45) is 1.09. The van der Waals surface area contributed by atoms with Crippen molar-refractivity contribution in [1.29, 1.82) is 0 Å². The number of benzene rings is 2. The summed E-state index contributed by atoms with van der Waals surface area (Å²) < 4.78 is 0. The maximum atomic E-state index is 4.42. The molecule has 1 aliphatic carbocycles. The van der Waals surface area contributed by atoms with E-state index in [-0.39, 0.29) is 0 Å². The molecule has 0 amide bonds. The van der Waals surface area contributed by atoms with Crippen LogP contribution in [0.2, 0.25) is 0 Å².